The minimum atomic E-state index is -0.757. The SMILES string of the molecule is COc1ccccc1C(O)/C=C1/OCc2ccccc21. The van der Waals surface area contributed by atoms with E-state index in [9.17, 15) is 5.11 Å². The van der Waals surface area contributed by atoms with Gasteiger partial charge in [0, 0.05) is 16.7 Å². The van der Waals surface area contributed by atoms with Gasteiger partial charge in [-0.1, -0.05) is 42.5 Å². The van der Waals surface area contributed by atoms with E-state index in [2.05, 4.69) is 0 Å². The second-order valence-corrected chi connectivity index (χ2v) is 4.66. The van der Waals surface area contributed by atoms with Crippen LogP contribution in [-0.2, 0) is 11.3 Å². The average molecular weight is 268 g/mol. The summed E-state index contributed by atoms with van der Waals surface area (Å²) < 4.78 is 10.9. The quantitative estimate of drug-likeness (QED) is 0.928. The lowest BCUT2D eigenvalue weighted by Crippen LogP contribution is -1.98. The Balaban J connectivity index is 1.93. The van der Waals surface area contributed by atoms with E-state index in [1.807, 2.05) is 48.5 Å². The number of hydrogen-bond donors (Lipinski definition) is 1. The van der Waals surface area contributed by atoms with Crippen LogP contribution < -0.4 is 4.74 Å². The van der Waals surface area contributed by atoms with Crippen molar-refractivity contribution in [3.05, 3.63) is 71.3 Å². The standard InChI is InChI=1S/C17H16O3/c1-19-16-9-5-4-8-14(16)15(18)10-17-13-7-3-2-6-12(13)11-20-17/h2-10,15,18H,11H2,1H3/b17-10+. The van der Waals surface area contributed by atoms with Gasteiger partial charge in [0.15, 0.2) is 0 Å². The Morgan fingerprint density at radius 3 is 2.75 bits per heavy atom. The van der Waals surface area contributed by atoms with Gasteiger partial charge in [-0.2, -0.15) is 0 Å². The Hall–Kier alpha value is -2.26. The summed E-state index contributed by atoms with van der Waals surface area (Å²) >= 11 is 0. The number of rotatable bonds is 3. The van der Waals surface area contributed by atoms with Gasteiger partial charge in [0.1, 0.15) is 24.2 Å². The molecule has 0 aliphatic carbocycles. The van der Waals surface area contributed by atoms with Gasteiger partial charge in [0.05, 0.1) is 7.11 Å². The number of ether oxygens (including phenoxy) is 2. The van der Waals surface area contributed by atoms with Gasteiger partial charge in [0.2, 0.25) is 0 Å². The van der Waals surface area contributed by atoms with Crippen molar-refractivity contribution in [2.24, 2.45) is 0 Å². The number of hydrogen-bond acceptors (Lipinski definition) is 3. The van der Waals surface area contributed by atoms with Gasteiger partial charge in [0.25, 0.3) is 0 Å². The topological polar surface area (TPSA) is 38.7 Å². The lowest BCUT2D eigenvalue weighted by molar-refractivity contribution is 0.216. The third-order valence-electron chi connectivity index (χ3n) is 3.43. The van der Waals surface area contributed by atoms with E-state index in [1.54, 1.807) is 13.2 Å². The first-order chi connectivity index (χ1) is 9.79. The fourth-order valence-corrected chi connectivity index (χ4v) is 2.40. The molecule has 1 unspecified atom stereocenters. The van der Waals surface area contributed by atoms with Crippen LogP contribution >= 0.6 is 0 Å². The summed E-state index contributed by atoms with van der Waals surface area (Å²) in [5.74, 6) is 1.39. The third kappa shape index (κ3) is 2.28. The minimum Gasteiger partial charge on any atom is -0.496 e. The molecule has 1 atom stereocenters. The van der Waals surface area contributed by atoms with E-state index in [1.165, 1.54) is 0 Å². The Bertz CT molecular complexity index is 646. The largest absolute Gasteiger partial charge is 0.496 e. The van der Waals surface area contributed by atoms with Crippen LogP contribution in [-0.4, -0.2) is 12.2 Å². The monoisotopic (exact) mass is 268 g/mol. The summed E-state index contributed by atoms with van der Waals surface area (Å²) in [6.07, 6.45) is 0.969. The summed E-state index contributed by atoms with van der Waals surface area (Å²) in [6.45, 7) is 0.556. The number of fused-ring (bicyclic) bond motifs is 1. The number of aliphatic hydroxyl groups excluding tert-OH is 1. The van der Waals surface area contributed by atoms with Crippen LogP contribution in [0.15, 0.2) is 54.6 Å². The first kappa shape index (κ1) is 12.8. The zero-order valence-electron chi connectivity index (χ0n) is 11.2. The fraction of sp³-hybridized carbons (Fsp3) is 0.176. The fourth-order valence-electron chi connectivity index (χ4n) is 2.40. The summed E-state index contributed by atoms with van der Waals surface area (Å²) in [5.41, 5.74) is 2.92. The molecule has 20 heavy (non-hydrogen) atoms. The molecule has 1 N–H and O–H groups in total. The molecule has 0 spiro atoms. The molecule has 2 aromatic carbocycles. The molecule has 1 aliphatic rings. The van der Waals surface area contributed by atoms with Crippen LogP contribution in [0.4, 0.5) is 0 Å². The molecule has 0 saturated carbocycles. The van der Waals surface area contributed by atoms with E-state index in [-0.39, 0.29) is 0 Å². The molecule has 0 aromatic heterocycles. The lowest BCUT2D eigenvalue weighted by atomic mass is 10.0. The molecule has 0 radical (unpaired) electrons. The van der Waals surface area contributed by atoms with Crippen molar-refractivity contribution in [3.63, 3.8) is 0 Å². The van der Waals surface area contributed by atoms with Crippen LogP contribution in [0.1, 0.15) is 22.8 Å². The Morgan fingerprint density at radius 1 is 1.15 bits per heavy atom. The van der Waals surface area contributed by atoms with E-state index in [0.717, 1.165) is 22.4 Å². The molecular formula is C17H16O3. The van der Waals surface area contributed by atoms with Crippen molar-refractivity contribution in [3.8, 4) is 5.75 Å². The lowest BCUT2D eigenvalue weighted by Gasteiger charge is -2.12. The molecule has 3 rings (SSSR count). The molecular weight excluding hydrogens is 252 g/mol. The number of aliphatic hydroxyl groups is 1. The smallest absolute Gasteiger partial charge is 0.126 e. The minimum absolute atomic E-state index is 0.556. The second kappa shape index (κ2) is 5.39. The number of para-hydroxylation sites is 1. The van der Waals surface area contributed by atoms with Crippen molar-refractivity contribution >= 4 is 5.76 Å². The number of methoxy groups -OCH3 is 1. The summed E-state index contributed by atoms with van der Waals surface area (Å²) in [6, 6.07) is 15.4. The van der Waals surface area contributed by atoms with E-state index >= 15 is 0 Å². The Kier molecular flexibility index (Phi) is 3.44. The average Bonchev–Trinajstić information content (AvgIpc) is 2.90. The van der Waals surface area contributed by atoms with Crippen molar-refractivity contribution in [1.29, 1.82) is 0 Å². The van der Waals surface area contributed by atoms with Gasteiger partial charge in [-0.25, -0.2) is 0 Å². The molecule has 0 amide bonds. The molecule has 0 bridgehead atoms. The predicted octanol–water partition coefficient (Wildman–Crippen LogP) is 3.30. The molecule has 3 nitrogen and oxygen atoms in total. The zero-order valence-corrected chi connectivity index (χ0v) is 11.2. The normalized spacial score (nSPS) is 16.6. The molecule has 0 saturated heterocycles. The molecule has 0 fully saturated rings. The first-order valence-corrected chi connectivity index (χ1v) is 6.53. The summed E-state index contributed by atoms with van der Waals surface area (Å²) in [4.78, 5) is 0. The number of benzene rings is 2. The summed E-state index contributed by atoms with van der Waals surface area (Å²) in [7, 11) is 1.60. The Morgan fingerprint density at radius 2 is 1.90 bits per heavy atom. The van der Waals surface area contributed by atoms with Crippen LogP contribution in [0.5, 0.6) is 5.75 Å². The Labute approximate surface area is 118 Å². The molecule has 1 aliphatic heterocycles. The van der Waals surface area contributed by atoms with Gasteiger partial charge < -0.3 is 14.6 Å². The highest BCUT2D eigenvalue weighted by Crippen LogP contribution is 2.33. The third-order valence-corrected chi connectivity index (χ3v) is 3.43. The molecule has 3 heteroatoms. The van der Waals surface area contributed by atoms with E-state index in [0.29, 0.717) is 12.4 Å². The highest BCUT2D eigenvalue weighted by atomic mass is 16.5. The predicted molar refractivity (Wildman–Crippen MR) is 77.2 cm³/mol. The van der Waals surface area contributed by atoms with Crippen molar-refractivity contribution < 1.29 is 14.6 Å². The van der Waals surface area contributed by atoms with Crippen LogP contribution in [0.3, 0.4) is 0 Å². The van der Waals surface area contributed by atoms with E-state index < -0.39 is 6.10 Å². The van der Waals surface area contributed by atoms with Gasteiger partial charge in [-0.3, -0.25) is 0 Å². The highest BCUT2D eigenvalue weighted by molar-refractivity contribution is 5.66. The van der Waals surface area contributed by atoms with Gasteiger partial charge in [-0.15, -0.1) is 0 Å². The van der Waals surface area contributed by atoms with Crippen molar-refractivity contribution in [1.82, 2.24) is 0 Å². The van der Waals surface area contributed by atoms with Crippen molar-refractivity contribution in [2.45, 2.75) is 12.7 Å². The van der Waals surface area contributed by atoms with Gasteiger partial charge in [-0.05, 0) is 12.1 Å². The van der Waals surface area contributed by atoms with Crippen molar-refractivity contribution in [2.75, 3.05) is 7.11 Å². The van der Waals surface area contributed by atoms with Crippen LogP contribution in [0.2, 0.25) is 0 Å². The summed E-state index contributed by atoms with van der Waals surface area (Å²) in [5, 5.41) is 10.4. The molecule has 2 aromatic rings. The molecule has 1 heterocycles. The van der Waals surface area contributed by atoms with Crippen LogP contribution in [0, 0.1) is 0 Å². The zero-order chi connectivity index (χ0) is 13.9. The highest BCUT2D eigenvalue weighted by Gasteiger charge is 2.19. The maximum absolute atomic E-state index is 10.4. The first-order valence-electron chi connectivity index (χ1n) is 6.53. The van der Waals surface area contributed by atoms with Crippen LogP contribution in [0.25, 0.3) is 5.76 Å². The second-order valence-electron chi connectivity index (χ2n) is 4.66. The maximum atomic E-state index is 10.4. The maximum Gasteiger partial charge on any atom is 0.126 e. The van der Waals surface area contributed by atoms with E-state index in [4.69, 9.17) is 9.47 Å². The van der Waals surface area contributed by atoms with Gasteiger partial charge >= 0.3 is 0 Å². The molecule has 102 valence electrons.